The van der Waals surface area contributed by atoms with Crippen molar-refractivity contribution in [2.24, 2.45) is 0 Å². The molecule has 3 rings (SSSR count). The summed E-state index contributed by atoms with van der Waals surface area (Å²) in [5.41, 5.74) is 0.0167. The number of fused-ring (bicyclic) bond motifs is 1. The summed E-state index contributed by atoms with van der Waals surface area (Å²) in [6.07, 6.45) is -1.24. The van der Waals surface area contributed by atoms with Crippen LogP contribution in [0, 0.1) is 10.1 Å². The number of Topliss-reactive ketones (excluding diaryl/α,β-unsaturated/α-hetero) is 1. The van der Waals surface area contributed by atoms with Gasteiger partial charge < -0.3 is 19.5 Å². The molecule has 2 aromatic rings. The molecule has 0 spiro atoms. The summed E-state index contributed by atoms with van der Waals surface area (Å²) < 4.78 is 15.7. The van der Waals surface area contributed by atoms with Gasteiger partial charge in [0.2, 0.25) is 0 Å². The van der Waals surface area contributed by atoms with Crippen LogP contribution < -0.4 is 14.8 Å². The van der Waals surface area contributed by atoms with Crippen LogP contribution in [0.25, 0.3) is 0 Å². The zero-order chi connectivity index (χ0) is 21.8. The van der Waals surface area contributed by atoms with Crippen LogP contribution in [0.15, 0.2) is 36.4 Å². The number of nitro benzene ring substituents is 1. The maximum Gasteiger partial charge on any atom is 0.346 e. The number of esters is 1. The van der Waals surface area contributed by atoms with Crippen molar-refractivity contribution in [1.82, 2.24) is 0 Å². The summed E-state index contributed by atoms with van der Waals surface area (Å²) in [5, 5.41) is 13.9. The molecular weight excluding hydrogens is 396 g/mol. The van der Waals surface area contributed by atoms with Gasteiger partial charge in [0, 0.05) is 17.3 Å². The van der Waals surface area contributed by atoms with Crippen molar-refractivity contribution in [3.63, 3.8) is 0 Å². The van der Waals surface area contributed by atoms with E-state index in [2.05, 4.69) is 5.32 Å². The Hall–Kier alpha value is -3.95. The lowest BCUT2D eigenvalue weighted by Crippen LogP contribution is -2.30. The largest absolute Gasteiger partial charge is 0.486 e. The predicted octanol–water partition coefficient (Wildman–Crippen LogP) is 2.75. The van der Waals surface area contributed by atoms with Crippen molar-refractivity contribution < 1.29 is 33.5 Å². The van der Waals surface area contributed by atoms with Crippen LogP contribution in [-0.2, 0) is 9.53 Å². The highest BCUT2D eigenvalue weighted by molar-refractivity contribution is 6.00. The number of nitrogens with zero attached hydrogens (tertiary/aromatic N) is 1. The van der Waals surface area contributed by atoms with Crippen LogP contribution in [0.3, 0.4) is 0 Å². The summed E-state index contributed by atoms with van der Waals surface area (Å²) in [6.45, 7) is 3.23. The molecule has 0 aliphatic carbocycles. The Morgan fingerprint density at radius 3 is 2.27 bits per heavy atom. The van der Waals surface area contributed by atoms with Crippen molar-refractivity contribution in [2.45, 2.75) is 20.0 Å². The Morgan fingerprint density at radius 2 is 1.70 bits per heavy atom. The van der Waals surface area contributed by atoms with Crippen molar-refractivity contribution >= 4 is 29.0 Å². The van der Waals surface area contributed by atoms with Gasteiger partial charge in [-0.3, -0.25) is 19.7 Å². The Morgan fingerprint density at radius 1 is 1.10 bits per heavy atom. The van der Waals surface area contributed by atoms with Gasteiger partial charge in [-0.25, -0.2) is 4.79 Å². The molecule has 10 heteroatoms. The SMILES string of the molecule is CC(=O)c1ccc(NC(=O)[C@@H](C)OC(=O)c2cc3c(cc2[N+](=O)[O-])OCCO3)cc1. The molecule has 1 aliphatic heterocycles. The first-order chi connectivity index (χ1) is 14.3. The van der Waals surface area contributed by atoms with Crippen LogP contribution in [0.4, 0.5) is 11.4 Å². The van der Waals surface area contributed by atoms with Gasteiger partial charge in [-0.1, -0.05) is 0 Å². The van der Waals surface area contributed by atoms with Gasteiger partial charge in [0.1, 0.15) is 18.8 Å². The third kappa shape index (κ3) is 4.54. The van der Waals surface area contributed by atoms with Crippen LogP contribution >= 0.6 is 0 Å². The number of nitrogens with one attached hydrogen (secondary N) is 1. The molecular formula is C20H18N2O8. The van der Waals surface area contributed by atoms with E-state index in [1.807, 2.05) is 0 Å². The minimum atomic E-state index is -1.24. The predicted molar refractivity (Wildman–Crippen MR) is 104 cm³/mol. The monoisotopic (exact) mass is 414 g/mol. The molecule has 2 aromatic carbocycles. The van der Waals surface area contributed by atoms with E-state index in [4.69, 9.17) is 14.2 Å². The average molecular weight is 414 g/mol. The first-order valence-electron chi connectivity index (χ1n) is 8.97. The Bertz CT molecular complexity index is 1020. The second kappa shape index (κ2) is 8.60. The Kier molecular flexibility index (Phi) is 5.95. The van der Waals surface area contributed by atoms with Crippen molar-refractivity contribution in [2.75, 3.05) is 18.5 Å². The third-order valence-corrected chi connectivity index (χ3v) is 4.29. The number of carbonyl (C=O) groups excluding carboxylic acids is 3. The maximum atomic E-state index is 12.5. The van der Waals surface area contributed by atoms with E-state index in [1.165, 1.54) is 32.0 Å². The van der Waals surface area contributed by atoms with Gasteiger partial charge in [-0.05, 0) is 38.1 Å². The van der Waals surface area contributed by atoms with E-state index >= 15 is 0 Å². The molecule has 0 fully saturated rings. The standard InChI is InChI=1S/C20H18N2O8/c1-11(23)13-3-5-14(6-4-13)21-19(24)12(2)30-20(25)15-9-17-18(29-8-7-28-17)10-16(15)22(26)27/h3-6,9-10,12H,7-8H2,1-2H3,(H,21,24)/t12-/m1/s1. The molecule has 0 aromatic heterocycles. The number of ketones is 1. The molecule has 1 heterocycles. The molecule has 0 unspecified atom stereocenters. The molecule has 10 nitrogen and oxygen atoms in total. The van der Waals surface area contributed by atoms with Gasteiger partial charge in [0.15, 0.2) is 23.4 Å². The molecule has 0 radical (unpaired) electrons. The van der Waals surface area contributed by atoms with Crippen molar-refractivity contribution in [3.8, 4) is 11.5 Å². The van der Waals surface area contributed by atoms with E-state index in [0.29, 0.717) is 11.3 Å². The molecule has 1 N–H and O–H groups in total. The van der Waals surface area contributed by atoms with Crippen LogP contribution in [0.2, 0.25) is 0 Å². The molecule has 0 saturated carbocycles. The number of hydrogen-bond acceptors (Lipinski definition) is 8. The number of ether oxygens (including phenoxy) is 3. The molecule has 30 heavy (non-hydrogen) atoms. The highest BCUT2D eigenvalue weighted by Gasteiger charge is 2.29. The van der Waals surface area contributed by atoms with Crippen LogP contribution in [-0.4, -0.2) is 41.9 Å². The number of hydrogen-bond donors (Lipinski definition) is 1. The Balaban J connectivity index is 1.72. The summed E-state index contributed by atoms with van der Waals surface area (Å²) in [7, 11) is 0. The lowest BCUT2D eigenvalue weighted by atomic mass is 10.1. The topological polar surface area (TPSA) is 134 Å². The molecule has 1 atom stereocenters. The Labute approximate surface area is 170 Å². The minimum Gasteiger partial charge on any atom is -0.486 e. The lowest BCUT2D eigenvalue weighted by molar-refractivity contribution is -0.385. The fourth-order valence-electron chi connectivity index (χ4n) is 2.70. The normalized spacial score (nSPS) is 13.1. The quantitative estimate of drug-likeness (QED) is 0.330. The highest BCUT2D eigenvalue weighted by Crippen LogP contribution is 2.37. The van der Waals surface area contributed by atoms with Crippen LogP contribution in [0.1, 0.15) is 34.6 Å². The summed E-state index contributed by atoms with van der Waals surface area (Å²) in [6, 6.07) is 8.43. The lowest BCUT2D eigenvalue weighted by Gasteiger charge is -2.19. The summed E-state index contributed by atoms with van der Waals surface area (Å²) in [5.74, 6) is -1.46. The fraction of sp³-hybridized carbons (Fsp3) is 0.250. The van der Waals surface area contributed by atoms with Crippen molar-refractivity contribution in [1.29, 1.82) is 0 Å². The number of rotatable bonds is 6. The van der Waals surface area contributed by atoms with Gasteiger partial charge in [0.25, 0.3) is 11.6 Å². The molecule has 1 amide bonds. The third-order valence-electron chi connectivity index (χ3n) is 4.29. The molecule has 156 valence electrons. The zero-order valence-corrected chi connectivity index (χ0v) is 16.2. The first-order valence-corrected chi connectivity index (χ1v) is 8.97. The summed E-state index contributed by atoms with van der Waals surface area (Å²) in [4.78, 5) is 46.7. The van der Waals surface area contributed by atoms with E-state index < -0.39 is 28.6 Å². The minimum absolute atomic E-state index is 0.115. The van der Waals surface area contributed by atoms with Crippen molar-refractivity contribution in [3.05, 3.63) is 57.6 Å². The molecule has 0 bridgehead atoms. The first kappa shape index (κ1) is 20.8. The maximum absolute atomic E-state index is 12.5. The number of amides is 1. The second-order valence-electron chi connectivity index (χ2n) is 6.44. The number of carbonyl (C=O) groups is 3. The smallest absolute Gasteiger partial charge is 0.346 e. The van der Waals surface area contributed by atoms with Gasteiger partial charge >= 0.3 is 5.97 Å². The van der Waals surface area contributed by atoms with Gasteiger partial charge in [-0.2, -0.15) is 0 Å². The number of anilines is 1. The van der Waals surface area contributed by atoms with Gasteiger partial charge in [-0.15, -0.1) is 0 Å². The fourth-order valence-corrected chi connectivity index (χ4v) is 2.70. The van der Waals surface area contributed by atoms with Crippen LogP contribution in [0.5, 0.6) is 11.5 Å². The molecule has 1 aliphatic rings. The summed E-state index contributed by atoms with van der Waals surface area (Å²) >= 11 is 0. The molecule has 0 saturated heterocycles. The average Bonchev–Trinajstić information content (AvgIpc) is 2.72. The number of benzene rings is 2. The van der Waals surface area contributed by atoms with E-state index in [-0.39, 0.29) is 36.1 Å². The van der Waals surface area contributed by atoms with E-state index in [0.717, 1.165) is 6.07 Å². The second-order valence-corrected chi connectivity index (χ2v) is 6.44. The van der Waals surface area contributed by atoms with E-state index in [9.17, 15) is 24.5 Å². The van der Waals surface area contributed by atoms with Gasteiger partial charge in [0.05, 0.1) is 11.0 Å². The zero-order valence-electron chi connectivity index (χ0n) is 16.2. The number of nitro groups is 1. The van der Waals surface area contributed by atoms with E-state index in [1.54, 1.807) is 12.1 Å². The highest BCUT2D eigenvalue weighted by atomic mass is 16.6.